The first-order valence-electron chi connectivity index (χ1n) is 6.58. The zero-order chi connectivity index (χ0) is 12.9. The molecule has 1 N–H and O–H groups in total. The Kier molecular flexibility index (Phi) is 2.87. The number of halogens is 1. The van der Waals surface area contributed by atoms with E-state index >= 15 is 0 Å². The van der Waals surface area contributed by atoms with Gasteiger partial charge in [0.2, 0.25) is 0 Å². The van der Waals surface area contributed by atoms with Crippen molar-refractivity contribution in [2.45, 2.75) is 32.7 Å². The maximum atomic E-state index is 6.25. The molecule has 2 nitrogen and oxygen atoms in total. The number of hydrogen-bond donors (Lipinski definition) is 1. The highest BCUT2D eigenvalue weighted by atomic mass is 35.5. The van der Waals surface area contributed by atoms with Gasteiger partial charge in [0.25, 0.3) is 0 Å². The summed E-state index contributed by atoms with van der Waals surface area (Å²) in [5, 5.41) is 5.79. The van der Waals surface area contributed by atoms with Crippen LogP contribution in [0.5, 0.6) is 0 Å². The summed E-state index contributed by atoms with van der Waals surface area (Å²) in [5.74, 6) is 0. The van der Waals surface area contributed by atoms with E-state index in [0.29, 0.717) is 6.04 Å². The maximum absolute atomic E-state index is 6.25. The van der Waals surface area contributed by atoms with Crippen LogP contribution in [0.15, 0.2) is 12.1 Å². The number of hydrogen-bond acceptors (Lipinski definition) is 1. The Labute approximate surface area is 113 Å². The number of nitrogens with zero attached hydrogens (tertiary/aromatic N) is 1. The molecule has 3 rings (SSSR count). The molecule has 0 spiro atoms. The second kappa shape index (κ2) is 4.29. The molecule has 1 fully saturated rings. The van der Waals surface area contributed by atoms with Crippen molar-refractivity contribution >= 4 is 22.5 Å². The molecule has 0 bridgehead atoms. The van der Waals surface area contributed by atoms with Gasteiger partial charge in [0, 0.05) is 29.2 Å². The van der Waals surface area contributed by atoms with Gasteiger partial charge in [0.1, 0.15) is 0 Å². The van der Waals surface area contributed by atoms with Crippen molar-refractivity contribution < 1.29 is 0 Å². The van der Waals surface area contributed by atoms with Crippen LogP contribution in [0, 0.1) is 13.8 Å². The van der Waals surface area contributed by atoms with Gasteiger partial charge >= 0.3 is 0 Å². The highest BCUT2D eigenvalue weighted by molar-refractivity contribution is 6.32. The summed E-state index contributed by atoms with van der Waals surface area (Å²) >= 11 is 6.25. The summed E-state index contributed by atoms with van der Waals surface area (Å²) < 4.78 is 2.33. The molecule has 1 aromatic heterocycles. The van der Waals surface area contributed by atoms with Crippen LogP contribution in [0.3, 0.4) is 0 Å². The molecule has 3 heteroatoms. The molecule has 1 unspecified atom stereocenters. The standard InChI is InChI=1S/C15H19ClN2/c1-9-11-6-7-12(16)10(2)14(11)18(3)15(9)13-5-4-8-17-13/h6-7,13,17H,4-5,8H2,1-3H3. The third kappa shape index (κ3) is 1.59. The Morgan fingerprint density at radius 2 is 2.06 bits per heavy atom. The fraction of sp³-hybridized carbons (Fsp3) is 0.467. The SMILES string of the molecule is Cc1c(C2CCCN2)n(C)c2c(C)c(Cl)ccc12. The van der Waals surface area contributed by atoms with Crippen LogP contribution >= 0.6 is 11.6 Å². The molecule has 0 amide bonds. The quantitative estimate of drug-likeness (QED) is 0.826. The van der Waals surface area contributed by atoms with Crippen LogP contribution in [0.4, 0.5) is 0 Å². The van der Waals surface area contributed by atoms with E-state index in [-0.39, 0.29) is 0 Å². The van der Waals surface area contributed by atoms with E-state index < -0.39 is 0 Å². The number of aromatic nitrogens is 1. The predicted octanol–water partition coefficient (Wildman–Crippen LogP) is 3.87. The topological polar surface area (TPSA) is 17.0 Å². The molecular formula is C15H19ClN2. The number of rotatable bonds is 1. The summed E-state index contributed by atoms with van der Waals surface area (Å²) in [6, 6.07) is 4.66. The van der Waals surface area contributed by atoms with Crippen molar-refractivity contribution in [1.82, 2.24) is 9.88 Å². The average Bonchev–Trinajstić information content (AvgIpc) is 2.92. The lowest BCUT2D eigenvalue weighted by Crippen LogP contribution is -2.16. The van der Waals surface area contributed by atoms with Gasteiger partial charge in [-0.15, -0.1) is 0 Å². The van der Waals surface area contributed by atoms with Crippen LogP contribution < -0.4 is 5.32 Å². The highest BCUT2D eigenvalue weighted by Gasteiger charge is 2.24. The van der Waals surface area contributed by atoms with Crippen molar-refractivity contribution in [3.05, 3.63) is 34.0 Å². The van der Waals surface area contributed by atoms with Crippen LogP contribution in [0.2, 0.25) is 5.02 Å². The lowest BCUT2D eigenvalue weighted by Gasteiger charge is -2.14. The van der Waals surface area contributed by atoms with Crippen molar-refractivity contribution in [2.75, 3.05) is 6.54 Å². The summed E-state index contributed by atoms with van der Waals surface area (Å²) in [6.45, 7) is 5.46. The van der Waals surface area contributed by atoms with E-state index in [2.05, 4.69) is 36.8 Å². The third-order valence-electron chi connectivity index (χ3n) is 4.24. The van der Waals surface area contributed by atoms with Gasteiger partial charge < -0.3 is 9.88 Å². The Hall–Kier alpha value is -0.990. The largest absolute Gasteiger partial charge is 0.346 e. The van der Waals surface area contributed by atoms with Gasteiger partial charge in [-0.05, 0) is 50.4 Å². The predicted molar refractivity (Wildman–Crippen MR) is 77.4 cm³/mol. The average molecular weight is 263 g/mol. The third-order valence-corrected chi connectivity index (χ3v) is 4.65. The first kappa shape index (κ1) is 12.1. The van der Waals surface area contributed by atoms with Crippen LogP contribution in [-0.4, -0.2) is 11.1 Å². The molecule has 96 valence electrons. The molecular weight excluding hydrogens is 244 g/mol. The molecule has 0 saturated carbocycles. The van der Waals surface area contributed by atoms with E-state index in [4.69, 9.17) is 11.6 Å². The molecule has 0 aliphatic carbocycles. The number of benzene rings is 1. The first-order valence-corrected chi connectivity index (χ1v) is 6.96. The Morgan fingerprint density at radius 1 is 1.28 bits per heavy atom. The highest BCUT2D eigenvalue weighted by Crippen LogP contribution is 2.35. The van der Waals surface area contributed by atoms with Gasteiger partial charge in [-0.25, -0.2) is 0 Å². The molecule has 0 radical (unpaired) electrons. The first-order chi connectivity index (χ1) is 8.61. The smallest absolute Gasteiger partial charge is 0.0527 e. The fourth-order valence-electron chi connectivity index (χ4n) is 3.33. The summed E-state index contributed by atoms with van der Waals surface area (Å²) in [6.07, 6.45) is 2.50. The summed E-state index contributed by atoms with van der Waals surface area (Å²) in [4.78, 5) is 0. The molecule has 1 atom stereocenters. The van der Waals surface area contributed by atoms with E-state index in [1.807, 2.05) is 6.07 Å². The minimum absolute atomic E-state index is 0.501. The Balaban J connectivity index is 2.30. The lowest BCUT2D eigenvalue weighted by atomic mass is 10.1. The summed E-state index contributed by atoms with van der Waals surface area (Å²) in [5.41, 5.74) is 5.28. The monoisotopic (exact) mass is 262 g/mol. The Bertz CT molecular complexity index is 607. The molecule has 2 heterocycles. The maximum Gasteiger partial charge on any atom is 0.0527 e. The second-order valence-electron chi connectivity index (χ2n) is 5.29. The minimum atomic E-state index is 0.501. The zero-order valence-electron chi connectivity index (χ0n) is 11.2. The Morgan fingerprint density at radius 3 is 2.72 bits per heavy atom. The number of nitrogens with one attached hydrogen (secondary N) is 1. The van der Waals surface area contributed by atoms with Gasteiger partial charge in [-0.2, -0.15) is 0 Å². The normalized spacial score (nSPS) is 19.9. The van der Waals surface area contributed by atoms with Crippen LogP contribution in [0.25, 0.3) is 10.9 Å². The van der Waals surface area contributed by atoms with Gasteiger partial charge in [-0.1, -0.05) is 17.7 Å². The van der Waals surface area contributed by atoms with Gasteiger partial charge in [-0.3, -0.25) is 0 Å². The molecule has 1 saturated heterocycles. The van der Waals surface area contributed by atoms with E-state index in [1.165, 1.54) is 40.6 Å². The van der Waals surface area contributed by atoms with Gasteiger partial charge in [0.05, 0.1) is 5.52 Å². The van der Waals surface area contributed by atoms with Crippen molar-refractivity contribution in [3.63, 3.8) is 0 Å². The molecule has 1 aliphatic heterocycles. The second-order valence-corrected chi connectivity index (χ2v) is 5.69. The minimum Gasteiger partial charge on any atom is -0.346 e. The number of aryl methyl sites for hydroxylation is 3. The lowest BCUT2D eigenvalue weighted by molar-refractivity contribution is 0.600. The molecule has 18 heavy (non-hydrogen) atoms. The van der Waals surface area contributed by atoms with Crippen molar-refractivity contribution in [1.29, 1.82) is 0 Å². The van der Waals surface area contributed by atoms with E-state index in [1.54, 1.807) is 0 Å². The number of fused-ring (bicyclic) bond motifs is 1. The molecule has 1 aromatic carbocycles. The molecule has 2 aromatic rings. The van der Waals surface area contributed by atoms with Crippen LogP contribution in [0.1, 0.15) is 35.7 Å². The zero-order valence-corrected chi connectivity index (χ0v) is 11.9. The van der Waals surface area contributed by atoms with Gasteiger partial charge in [0.15, 0.2) is 0 Å². The fourth-order valence-corrected chi connectivity index (χ4v) is 3.49. The van der Waals surface area contributed by atoms with E-state index in [9.17, 15) is 0 Å². The summed E-state index contributed by atoms with van der Waals surface area (Å²) in [7, 11) is 2.16. The van der Waals surface area contributed by atoms with E-state index in [0.717, 1.165) is 11.6 Å². The van der Waals surface area contributed by atoms with Crippen LogP contribution in [-0.2, 0) is 7.05 Å². The van der Waals surface area contributed by atoms with Crippen molar-refractivity contribution in [2.24, 2.45) is 7.05 Å². The van der Waals surface area contributed by atoms with Crippen molar-refractivity contribution in [3.8, 4) is 0 Å². The molecule has 1 aliphatic rings.